The fourth-order valence-electron chi connectivity index (χ4n) is 8.08. The van der Waals surface area contributed by atoms with E-state index in [0.717, 1.165) is 23.0 Å². The normalized spacial score (nSPS) is 16.8. The predicted molar refractivity (Wildman–Crippen MR) is 196 cm³/mol. The van der Waals surface area contributed by atoms with E-state index in [1.165, 1.54) is 71.6 Å². The van der Waals surface area contributed by atoms with Crippen molar-refractivity contribution in [2.24, 2.45) is 0 Å². The second kappa shape index (κ2) is 10.8. The topological polar surface area (TPSA) is 12.9 Å². The number of halogens is 1. The van der Waals surface area contributed by atoms with Gasteiger partial charge in [0.1, 0.15) is 4.60 Å². The van der Waals surface area contributed by atoms with Gasteiger partial charge in [-0.2, -0.15) is 0 Å². The maximum Gasteiger partial charge on any atom is 0.106 e. The quantitative estimate of drug-likeness (QED) is 0.136. The van der Waals surface area contributed by atoms with Crippen LogP contribution in [-0.2, 0) is 5.41 Å². The number of allylic oxidation sites excluding steroid dienone is 4. The predicted octanol–water partition coefficient (Wildman–Crippen LogP) is 12.1. The Labute approximate surface area is 277 Å². The van der Waals surface area contributed by atoms with E-state index in [0.29, 0.717) is 0 Å². The van der Waals surface area contributed by atoms with Crippen molar-refractivity contribution in [2.45, 2.75) is 18.3 Å². The number of aromatic nitrogens is 1. The summed E-state index contributed by atoms with van der Waals surface area (Å²) in [6.07, 6.45) is 11.3. The minimum atomic E-state index is -0.394. The number of hydrogen-bond acceptors (Lipinski definition) is 1. The van der Waals surface area contributed by atoms with Crippen molar-refractivity contribution >= 4 is 37.5 Å². The molecule has 2 aliphatic carbocycles. The van der Waals surface area contributed by atoms with Crippen molar-refractivity contribution in [1.29, 1.82) is 0 Å². The Hall–Kier alpha value is -5.05. The molecule has 6 aromatic carbocycles. The second-order valence-corrected chi connectivity index (χ2v) is 13.1. The molecule has 7 aromatic rings. The van der Waals surface area contributed by atoms with E-state index in [9.17, 15) is 0 Å². The highest BCUT2D eigenvalue weighted by atomic mass is 79.9. The lowest BCUT2D eigenvalue weighted by Crippen LogP contribution is -2.29. The molecule has 0 spiro atoms. The van der Waals surface area contributed by atoms with Crippen LogP contribution in [0.1, 0.15) is 29.5 Å². The van der Waals surface area contributed by atoms with E-state index >= 15 is 0 Å². The van der Waals surface area contributed by atoms with Crippen LogP contribution < -0.4 is 0 Å². The molecule has 0 amide bonds. The molecule has 0 radical (unpaired) electrons. The molecule has 1 unspecified atom stereocenters. The zero-order valence-electron chi connectivity index (χ0n) is 25.3. The largest absolute Gasteiger partial charge is 0.249 e. The minimum absolute atomic E-state index is 0.394. The molecule has 1 aromatic heterocycles. The summed E-state index contributed by atoms with van der Waals surface area (Å²) in [4.78, 5) is 4.60. The van der Waals surface area contributed by atoms with Crippen molar-refractivity contribution in [3.63, 3.8) is 0 Å². The van der Waals surface area contributed by atoms with Crippen LogP contribution in [0, 0.1) is 0 Å². The number of pyridine rings is 1. The lowest BCUT2D eigenvalue weighted by atomic mass is 9.66. The summed E-state index contributed by atoms with van der Waals surface area (Å²) in [7, 11) is 0. The third-order valence-electron chi connectivity index (χ3n) is 9.92. The summed E-state index contributed by atoms with van der Waals surface area (Å²) in [5, 5.41) is 4.96. The highest BCUT2D eigenvalue weighted by Crippen LogP contribution is 2.58. The minimum Gasteiger partial charge on any atom is -0.249 e. The van der Waals surface area contributed by atoms with E-state index in [1.54, 1.807) is 0 Å². The Morgan fingerprint density at radius 2 is 1.15 bits per heavy atom. The van der Waals surface area contributed by atoms with E-state index in [2.05, 4.69) is 167 Å². The molecule has 9 rings (SSSR count). The number of rotatable bonds is 4. The molecular weight excluding hydrogens is 622 g/mol. The molecule has 2 heteroatoms. The molecule has 0 saturated carbocycles. The third kappa shape index (κ3) is 3.96. The fraction of sp³-hybridized carbons (Fsp3) is 0.0682. The zero-order chi connectivity index (χ0) is 30.7. The van der Waals surface area contributed by atoms with Crippen LogP contribution in [0.3, 0.4) is 0 Å². The maximum atomic E-state index is 4.60. The van der Waals surface area contributed by atoms with Crippen LogP contribution in [-0.4, -0.2) is 4.98 Å². The van der Waals surface area contributed by atoms with Gasteiger partial charge in [0.25, 0.3) is 0 Å². The van der Waals surface area contributed by atoms with Crippen molar-refractivity contribution in [3.05, 3.63) is 185 Å². The molecule has 0 N–H and O–H groups in total. The summed E-state index contributed by atoms with van der Waals surface area (Å²) in [5.74, 6) is 0. The Balaban J connectivity index is 1.38. The standard InChI is InChI=1S/C44H30BrN/c45-41-26-24-30(28-46-41)43-37-20-9-7-18-35(37)42(36-19-8-10-21-38(36)43)29-23-25-34-33-17-11-12-22-39(33)44(40(34)27-29,31-13-3-1-4-14-31)32-15-5-2-6-16-32/h1,3-5,7-28H,2,6H2. The van der Waals surface area contributed by atoms with Gasteiger partial charge in [0.05, 0.1) is 5.41 Å². The van der Waals surface area contributed by atoms with Crippen LogP contribution in [0.5, 0.6) is 0 Å². The van der Waals surface area contributed by atoms with E-state index in [-0.39, 0.29) is 0 Å². The molecule has 1 nitrogen and oxygen atoms in total. The van der Waals surface area contributed by atoms with Crippen LogP contribution in [0.15, 0.2) is 168 Å². The first-order valence-corrected chi connectivity index (χ1v) is 16.8. The number of nitrogens with zero attached hydrogens (tertiary/aromatic N) is 1. The van der Waals surface area contributed by atoms with Crippen molar-refractivity contribution < 1.29 is 0 Å². The van der Waals surface area contributed by atoms with Gasteiger partial charge in [-0.3, -0.25) is 0 Å². The third-order valence-corrected chi connectivity index (χ3v) is 10.4. The van der Waals surface area contributed by atoms with Gasteiger partial charge in [-0.05, 0) is 113 Å². The molecule has 1 atom stereocenters. The summed E-state index contributed by atoms with van der Waals surface area (Å²) in [6.45, 7) is 0. The molecule has 0 fully saturated rings. The fourth-order valence-corrected chi connectivity index (χ4v) is 8.31. The van der Waals surface area contributed by atoms with Gasteiger partial charge in [-0.1, -0.05) is 140 Å². The first kappa shape index (κ1) is 27.3. The Kier molecular flexibility index (Phi) is 6.40. The van der Waals surface area contributed by atoms with Crippen LogP contribution >= 0.6 is 15.9 Å². The number of hydrogen-bond donors (Lipinski definition) is 0. The Bertz CT molecular complexity index is 2310. The lowest BCUT2D eigenvalue weighted by Gasteiger charge is -2.36. The van der Waals surface area contributed by atoms with E-state index in [4.69, 9.17) is 0 Å². The van der Waals surface area contributed by atoms with Crippen molar-refractivity contribution in [1.82, 2.24) is 4.98 Å². The van der Waals surface area contributed by atoms with E-state index < -0.39 is 5.41 Å². The van der Waals surface area contributed by atoms with Gasteiger partial charge < -0.3 is 0 Å². The maximum absolute atomic E-state index is 4.60. The first-order chi connectivity index (χ1) is 22.7. The summed E-state index contributed by atoms with van der Waals surface area (Å²) >= 11 is 3.53. The molecule has 218 valence electrons. The van der Waals surface area contributed by atoms with Gasteiger partial charge in [0.15, 0.2) is 0 Å². The van der Waals surface area contributed by atoms with Crippen LogP contribution in [0.2, 0.25) is 0 Å². The van der Waals surface area contributed by atoms with Gasteiger partial charge in [-0.25, -0.2) is 4.98 Å². The highest BCUT2D eigenvalue weighted by Gasteiger charge is 2.46. The summed E-state index contributed by atoms with van der Waals surface area (Å²) in [5.41, 5.74) is 12.5. The van der Waals surface area contributed by atoms with Crippen molar-refractivity contribution in [2.75, 3.05) is 0 Å². The van der Waals surface area contributed by atoms with Crippen LogP contribution in [0.25, 0.3) is 54.9 Å². The van der Waals surface area contributed by atoms with Gasteiger partial charge in [0.2, 0.25) is 0 Å². The zero-order valence-corrected chi connectivity index (χ0v) is 26.8. The molecule has 0 saturated heterocycles. The molecule has 0 aliphatic heterocycles. The first-order valence-electron chi connectivity index (χ1n) is 16.0. The molecule has 46 heavy (non-hydrogen) atoms. The highest BCUT2D eigenvalue weighted by molar-refractivity contribution is 9.10. The van der Waals surface area contributed by atoms with Crippen LogP contribution in [0.4, 0.5) is 0 Å². The second-order valence-electron chi connectivity index (χ2n) is 12.3. The Morgan fingerprint density at radius 1 is 0.543 bits per heavy atom. The molecule has 0 bridgehead atoms. The van der Waals surface area contributed by atoms with Gasteiger partial charge in [-0.15, -0.1) is 0 Å². The molecular formula is C44H30BrN. The summed E-state index contributed by atoms with van der Waals surface area (Å²) in [6, 6.07) is 49.3. The molecule has 2 aliphatic rings. The van der Waals surface area contributed by atoms with Gasteiger partial charge >= 0.3 is 0 Å². The smallest absolute Gasteiger partial charge is 0.106 e. The molecule has 1 heterocycles. The SMILES string of the molecule is Brc1ccc(-c2c3ccccc3c(-c3ccc4c(c3)C(C3=CCCC=C3)(c3ccccc3)c3ccccc3-4)c3ccccc23)cn1. The van der Waals surface area contributed by atoms with E-state index in [1.807, 2.05) is 12.3 Å². The van der Waals surface area contributed by atoms with Gasteiger partial charge in [0, 0.05) is 11.8 Å². The Morgan fingerprint density at radius 3 is 1.80 bits per heavy atom. The van der Waals surface area contributed by atoms with Crippen molar-refractivity contribution in [3.8, 4) is 33.4 Å². The monoisotopic (exact) mass is 651 g/mol. The average Bonchev–Trinajstić information content (AvgIpc) is 3.42. The average molecular weight is 653 g/mol. The lowest BCUT2D eigenvalue weighted by molar-refractivity contribution is 0.752. The number of fused-ring (bicyclic) bond motifs is 5. The number of benzene rings is 6. The summed E-state index contributed by atoms with van der Waals surface area (Å²) < 4.78 is 0.838.